The molecule has 1 aromatic carbocycles. The van der Waals surface area contributed by atoms with Crippen molar-refractivity contribution in [3.8, 4) is 0 Å². The molecule has 4 atom stereocenters. The van der Waals surface area contributed by atoms with Gasteiger partial charge in [-0.1, -0.05) is 6.07 Å². The summed E-state index contributed by atoms with van der Waals surface area (Å²) in [4.78, 5) is 24.4. The molecule has 3 fully saturated rings. The topological polar surface area (TPSA) is 84.2 Å². The number of rotatable bonds is 4. The molecule has 3 saturated carbocycles. The Kier molecular flexibility index (Phi) is 3.60. The number of hydrogen-bond donors (Lipinski definition) is 3. The van der Waals surface area contributed by atoms with Gasteiger partial charge in [-0.3, -0.25) is 9.59 Å². The molecule has 0 spiro atoms. The van der Waals surface area contributed by atoms with Crippen LogP contribution in [0.4, 0.5) is 11.4 Å². The monoisotopic (exact) mass is 313 g/mol. The second kappa shape index (κ2) is 5.64. The van der Waals surface area contributed by atoms with E-state index < -0.39 is 0 Å². The van der Waals surface area contributed by atoms with Crippen molar-refractivity contribution in [3.05, 3.63) is 24.3 Å². The summed E-state index contributed by atoms with van der Waals surface area (Å²) in [5.74, 6) is 1.14. The number of benzene rings is 1. The lowest BCUT2D eigenvalue weighted by Gasteiger charge is -2.27. The number of nitrogens with two attached hydrogens (primary N) is 1. The molecule has 0 aliphatic heterocycles. The van der Waals surface area contributed by atoms with Gasteiger partial charge >= 0.3 is 0 Å². The molecular weight excluding hydrogens is 290 g/mol. The van der Waals surface area contributed by atoms with Gasteiger partial charge in [0.2, 0.25) is 11.8 Å². The molecule has 23 heavy (non-hydrogen) atoms. The zero-order valence-corrected chi connectivity index (χ0v) is 13.1. The second-order valence-corrected chi connectivity index (χ2v) is 7.27. The van der Waals surface area contributed by atoms with E-state index >= 15 is 0 Å². The van der Waals surface area contributed by atoms with Crippen LogP contribution < -0.4 is 16.4 Å². The molecule has 3 aliphatic carbocycles. The number of anilines is 2. The molecule has 2 amide bonds. The van der Waals surface area contributed by atoms with Crippen LogP contribution >= 0.6 is 0 Å². The third kappa shape index (κ3) is 2.85. The van der Waals surface area contributed by atoms with Crippen LogP contribution in [0.25, 0.3) is 0 Å². The molecule has 1 aromatic rings. The minimum atomic E-state index is -0.0709. The molecule has 4 unspecified atom stereocenters. The lowest BCUT2D eigenvalue weighted by atomic mass is 9.84. The first-order chi connectivity index (χ1) is 11.1. The number of hydrogen-bond acceptors (Lipinski definition) is 3. The highest BCUT2D eigenvalue weighted by Gasteiger charge is 2.49. The highest BCUT2D eigenvalue weighted by atomic mass is 16.2. The van der Waals surface area contributed by atoms with Crippen LogP contribution in [-0.2, 0) is 9.59 Å². The quantitative estimate of drug-likeness (QED) is 0.797. The van der Waals surface area contributed by atoms with Crippen molar-refractivity contribution < 1.29 is 9.59 Å². The first-order valence-corrected chi connectivity index (χ1v) is 8.59. The van der Waals surface area contributed by atoms with E-state index in [9.17, 15) is 9.59 Å². The SMILES string of the molecule is NC1C2CCC(C2)C1C(=O)Nc1cccc(NC(=O)C2CC2)c1. The van der Waals surface area contributed by atoms with E-state index in [4.69, 9.17) is 5.73 Å². The highest BCUT2D eigenvalue weighted by Crippen LogP contribution is 2.47. The average Bonchev–Trinajstić information content (AvgIpc) is 3.20. The smallest absolute Gasteiger partial charge is 0.229 e. The highest BCUT2D eigenvalue weighted by molar-refractivity contribution is 5.96. The fraction of sp³-hybridized carbons (Fsp3) is 0.556. The van der Waals surface area contributed by atoms with Crippen LogP contribution in [0.3, 0.4) is 0 Å². The van der Waals surface area contributed by atoms with Gasteiger partial charge in [0.25, 0.3) is 0 Å². The summed E-state index contributed by atoms with van der Waals surface area (Å²) in [6.07, 6.45) is 5.33. The van der Waals surface area contributed by atoms with Gasteiger partial charge in [-0.25, -0.2) is 0 Å². The minimum Gasteiger partial charge on any atom is -0.327 e. The van der Waals surface area contributed by atoms with Crippen LogP contribution in [0.5, 0.6) is 0 Å². The van der Waals surface area contributed by atoms with Gasteiger partial charge in [0.15, 0.2) is 0 Å². The Morgan fingerprint density at radius 1 is 0.957 bits per heavy atom. The van der Waals surface area contributed by atoms with E-state index in [2.05, 4.69) is 10.6 Å². The molecule has 0 aromatic heterocycles. The van der Waals surface area contributed by atoms with Gasteiger partial charge in [-0.15, -0.1) is 0 Å². The third-order valence-corrected chi connectivity index (χ3v) is 5.63. The zero-order chi connectivity index (χ0) is 16.0. The van der Waals surface area contributed by atoms with E-state index in [0.717, 1.165) is 43.5 Å². The van der Waals surface area contributed by atoms with E-state index in [-0.39, 0.29) is 29.7 Å². The second-order valence-electron chi connectivity index (χ2n) is 7.27. The molecule has 0 saturated heterocycles. The molecule has 4 N–H and O–H groups in total. The molecule has 0 radical (unpaired) electrons. The van der Waals surface area contributed by atoms with Crippen molar-refractivity contribution in [1.29, 1.82) is 0 Å². The number of amides is 2. The molecular formula is C18H23N3O2. The van der Waals surface area contributed by atoms with Crippen molar-refractivity contribution in [2.75, 3.05) is 10.6 Å². The fourth-order valence-corrected chi connectivity index (χ4v) is 4.21. The molecule has 0 heterocycles. The Balaban J connectivity index is 1.42. The van der Waals surface area contributed by atoms with Gasteiger partial charge in [0.05, 0.1) is 5.92 Å². The van der Waals surface area contributed by atoms with Gasteiger partial charge < -0.3 is 16.4 Å². The Labute approximate surface area is 136 Å². The molecule has 2 bridgehead atoms. The first-order valence-electron chi connectivity index (χ1n) is 8.59. The predicted molar refractivity (Wildman–Crippen MR) is 88.7 cm³/mol. The average molecular weight is 313 g/mol. The lowest BCUT2D eigenvalue weighted by molar-refractivity contribution is -0.121. The van der Waals surface area contributed by atoms with Crippen LogP contribution in [0, 0.1) is 23.7 Å². The number of nitrogens with one attached hydrogen (secondary N) is 2. The minimum absolute atomic E-state index is 0.00787. The molecule has 5 heteroatoms. The van der Waals surface area contributed by atoms with E-state index in [1.54, 1.807) is 0 Å². The first kappa shape index (κ1) is 14.7. The van der Waals surface area contributed by atoms with Crippen molar-refractivity contribution in [1.82, 2.24) is 0 Å². The van der Waals surface area contributed by atoms with Gasteiger partial charge in [0, 0.05) is 23.3 Å². The summed E-state index contributed by atoms with van der Waals surface area (Å²) in [6.45, 7) is 0. The van der Waals surface area contributed by atoms with Crippen LogP contribution in [0.2, 0.25) is 0 Å². The molecule has 122 valence electrons. The normalized spacial score (nSPS) is 31.9. The van der Waals surface area contributed by atoms with E-state index in [1.807, 2.05) is 24.3 Å². The summed E-state index contributed by atoms with van der Waals surface area (Å²) in [6, 6.07) is 7.35. The number of carbonyl (C=O) groups is 2. The Hall–Kier alpha value is -1.88. The Morgan fingerprint density at radius 3 is 2.22 bits per heavy atom. The summed E-state index contributed by atoms with van der Waals surface area (Å²) in [7, 11) is 0. The summed E-state index contributed by atoms with van der Waals surface area (Å²) in [5, 5.41) is 5.90. The van der Waals surface area contributed by atoms with Gasteiger partial charge in [0.1, 0.15) is 0 Å². The summed E-state index contributed by atoms with van der Waals surface area (Å²) >= 11 is 0. The van der Waals surface area contributed by atoms with Crippen LogP contribution in [0.1, 0.15) is 32.1 Å². The standard InChI is InChI=1S/C18H23N3O2/c19-16-12-7-6-11(8-12)15(16)18(23)21-14-3-1-2-13(9-14)20-17(22)10-4-5-10/h1-3,9-12,15-16H,4-8,19H2,(H,20,22)(H,21,23). The van der Waals surface area contributed by atoms with Crippen LogP contribution in [0.15, 0.2) is 24.3 Å². The van der Waals surface area contributed by atoms with Gasteiger partial charge in [-0.05, 0) is 62.1 Å². The van der Waals surface area contributed by atoms with E-state index in [0.29, 0.717) is 11.8 Å². The summed E-state index contributed by atoms with van der Waals surface area (Å²) < 4.78 is 0. The van der Waals surface area contributed by atoms with Crippen molar-refractivity contribution in [2.45, 2.75) is 38.1 Å². The third-order valence-electron chi connectivity index (χ3n) is 5.63. The van der Waals surface area contributed by atoms with Crippen molar-refractivity contribution in [3.63, 3.8) is 0 Å². The maximum absolute atomic E-state index is 12.6. The van der Waals surface area contributed by atoms with Crippen LogP contribution in [-0.4, -0.2) is 17.9 Å². The maximum Gasteiger partial charge on any atom is 0.229 e. The Morgan fingerprint density at radius 2 is 1.61 bits per heavy atom. The van der Waals surface area contributed by atoms with Crippen molar-refractivity contribution in [2.24, 2.45) is 29.4 Å². The Bertz CT molecular complexity index is 639. The number of carbonyl (C=O) groups excluding carboxylic acids is 2. The van der Waals surface area contributed by atoms with E-state index in [1.165, 1.54) is 0 Å². The molecule has 5 nitrogen and oxygen atoms in total. The lowest BCUT2D eigenvalue weighted by Crippen LogP contribution is -2.42. The summed E-state index contributed by atoms with van der Waals surface area (Å²) in [5.41, 5.74) is 7.69. The number of fused-ring (bicyclic) bond motifs is 2. The molecule has 4 rings (SSSR count). The maximum atomic E-state index is 12.6. The largest absolute Gasteiger partial charge is 0.327 e. The fourth-order valence-electron chi connectivity index (χ4n) is 4.21. The predicted octanol–water partition coefficient (Wildman–Crippen LogP) is 2.35. The molecule has 3 aliphatic rings. The zero-order valence-electron chi connectivity index (χ0n) is 13.1. The van der Waals surface area contributed by atoms with Gasteiger partial charge in [-0.2, -0.15) is 0 Å². The van der Waals surface area contributed by atoms with Crippen molar-refractivity contribution >= 4 is 23.2 Å².